The van der Waals surface area contributed by atoms with Crippen molar-refractivity contribution in [3.63, 3.8) is 0 Å². The molecule has 0 saturated heterocycles. The smallest absolute Gasteiger partial charge is 0.224 e. The molecule has 2 aromatic rings. The number of hydrogen-bond donors (Lipinski definition) is 1. The quantitative estimate of drug-likeness (QED) is 0.865. The molecular formula is C21H24FNO2. The molecule has 25 heavy (non-hydrogen) atoms. The maximum Gasteiger partial charge on any atom is 0.224 e. The maximum absolute atomic E-state index is 13.0. The van der Waals surface area contributed by atoms with E-state index in [1.54, 1.807) is 7.11 Å². The third-order valence-corrected chi connectivity index (χ3v) is 4.92. The lowest BCUT2D eigenvalue weighted by Gasteiger charge is -2.21. The van der Waals surface area contributed by atoms with Crippen LogP contribution in [0.15, 0.2) is 48.5 Å². The van der Waals surface area contributed by atoms with Gasteiger partial charge in [0.2, 0.25) is 5.91 Å². The van der Waals surface area contributed by atoms with Crippen molar-refractivity contribution in [3.8, 4) is 5.75 Å². The number of methoxy groups -OCH3 is 1. The lowest BCUT2D eigenvalue weighted by Crippen LogP contribution is -2.38. The molecule has 2 aromatic carbocycles. The van der Waals surface area contributed by atoms with Crippen LogP contribution in [0.5, 0.6) is 5.75 Å². The molecule has 2 atom stereocenters. The first kappa shape index (κ1) is 17.5. The summed E-state index contributed by atoms with van der Waals surface area (Å²) in [6.07, 6.45) is 4.47. The molecule has 0 bridgehead atoms. The fraction of sp³-hybridized carbons (Fsp3) is 0.381. The minimum Gasteiger partial charge on any atom is -0.497 e. The van der Waals surface area contributed by atoms with Crippen molar-refractivity contribution in [2.24, 2.45) is 5.92 Å². The Morgan fingerprint density at radius 1 is 1.16 bits per heavy atom. The number of benzene rings is 2. The SMILES string of the molecule is COc1cccc(CC(=O)NC2CCCC2Cc2ccc(F)cc2)c1. The van der Waals surface area contributed by atoms with Gasteiger partial charge in [-0.15, -0.1) is 0 Å². The number of rotatable bonds is 6. The van der Waals surface area contributed by atoms with E-state index in [0.29, 0.717) is 12.3 Å². The van der Waals surface area contributed by atoms with E-state index in [-0.39, 0.29) is 17.8 Å². The van der Waals surface area contributed by atoms with E-state index < -0.39 is 0 Å². The Hall–Kier alpha value is -2.36. The Kier molecular flexibility index (Phi) is 5.69. The van der Waals surface area contributed by atoms with Crippen LogP contribution in [0.25, 0.3) is 0 Å². The molecule has 3 rings (SSSR count). The predicted molar refractivity (Wildman–Crippen MR) is 96.1 cm³/mol. The molecule has 1 N–H and O–H groups in total. The third-order valence-electron chi connectivity index (χ3n) is 4.92. The fourth-order valence-electron chi connectivity index (χ4n) is 3.62. The van der Waals surface area contributed by atoms with Crippen LogP contribution in [0.4, 0.5) is 4.39 Å². The van der Waals surface area contributed by atoms with Crippen molar-refractivity contribution >= 4 is 5.91 Å². The molecular weight excluding hydrogens is 317 g/mol. The summed E-state index contributed by atoms with van der Waals surface area (Å²) in [5, 5.41) is 3.19. The van der Waals surface area contributed by atoms with Gasteiger partial charge in [0.05, 0.1) is 13.5 Å². The Balaban J connectivity index is 1.56. The van der Waals surface area contributed by atoms with E-state index in [4.69, 9.17) is 4.74 Å². The van der Waals surface area contributed by atoms with Crippen LogP contribution < -0.4 is 10.1 Å². The minimum atomic E-state index is -0.210. The summed E-state index contributed by atoms with van der Waals surface area (Å²) in [7, 11) is 1.62. The molecule has 4 heteroatoms. The van der Waals surface area contributed by atoms with Crippen LogP contribution in [0.3, 0.4) is 0 Å². The van der Waals surface area contributed by atoms with Crippen LogP contribution in [0, 0.1) is 11.7 Å². The van der Waals surface area contributed by atoms with E-state index >= 15 is 0 Å². The van der Waals surface area contributed by atoms with Gasteiger partial charge in [-0.25, -0.2) is 4.39 Å². The molecule has 0 heterocycles. The zero-order valence-corrected chi connectivity index (χ0v) is 14.5. The van der Waals surface area contributed by atoms with Gasteiger partial charge < -0.3 is 10.1 Å². The number of amides is 1. The number of halogens is 1. The Morgan fingerprint density at radius 2 is 1.96 bits per heavy atom. The summed E-state index contributed by atoms with van der Waals surface area (Å²) in [6.45, 7) is 0. The van der Waals surface area contributed by atoms with Crippen LogP contribution in [-0.2, 0) is 17.6 Å². The van der Waals surface area contributed by atoms with E-state index in [2.05, 4.69) is 5.32 Å². The first-order chi connectivity index (χ1) is 12.1. The van der Waals surface area contributed by atoms with Crippen LogP contribution in [0.2, 0.25) is 0 Å². The lowest BCUT2D eigenvalue weighted by molar-refractivity contribution is -0.121. The molecule has 1 amide bonds. The highest BCUT2D eigenvalue weighted by Crippen LogP contribution is 2.29. The highest BCUT2D eigenvalue weighted by atomic mass is 19.1. The molecule has 1 saturated carbocycles. The Morgan fingerprint density at radius 3 is 2.72 bits per heavy atom. The molecule has 1 fully saturated rings. The van der Waals surface area contributed by atoms with E-state index in [9.17, 15) is 9.18 Å². The van der Waals surface area contributed by atoms with Gasteiger partial charge in [-0.2, -0.15) is 0 Å². The summed E-state index contributed by atoms with van der Waals surface area (Å²) < 4.78 is 18.2. The van der Waals surface area contributed by atoms with Crippen molar-refractivity contribution in [2.75, 3.05) is 7.11 Å². The molecule has 1 aliphatic carbocycles. The first-order valence-corrected chi connectivity index (χ1v) is 8.81. The van der Waals surface area contributed by atoms with Crippen molar-refractivity contribution in [1.82, 2.24) is 5.32 Å². The standard InChI is InChI=1S/C21H24FNO2/c1-25-19-6-2-4-16(13-19)14-21(24)23-20-7-3-5-17(20)12-15-8-10-18(22)11-9-15/h2,4,6,8-11,13,17,20H,3,5,7,12,14H2,1H3,(H,23,24). The average Bonchev–Trinajstić information content (AvgIpc) is 3.03. The summed E-state index contributed by atoms with van der Waals surface area (Å²) in [6, 6.07) is 14.5. The molecule has 3 nitrogen and oxygen atoms in total. The summed E-state index contributed by atoms with van der Waals surface area (Å²) in [5.41, 5.74) is 2.07. The Labute approximate surface area is 148 Å². The second-order valence-corrected chi connectivity index (χ2v) is 6.72. The second-order valence-electron chi connectivity index (χ2n) is 6.72. The monoisotopic (exact) mass is 341 g/mol. The molecule has 0 aliphatic heterocycles. The summed E-state index contributed by atoms with van der Waals surface area (Å²) in [5.74, 6) is 1.02. The number of carbonyl (C=O) groups excluding carboxylic acids is 1. The van der Waals surface area contributed by atoms with Gasteiger partial charge in [-0.3, -0.25) is 4.79 Å². The van der Waals surface area contributed by atoms with Gasteiger partial charge >= 0.3 is 0 Å². The second kappa shape index (κ2) is 8.15. The topological polar surface area (TPSA) is 38.3 Å². The molecule has 1 aliphatic rings. The van der Waals surface area contributed by atoms with Crippen molar-refractivity contribution in [1.29, 1.82) is 0 Å². The largest absolute Gasteiger partial charge is 0.497 e. The van der Waals surface area contributed by atoms with Crippen molar-refractivity contribution < 1.29 is 13.9 Å². The maximum atomic E-state index is 13.0. The van der Waals surface area contributed by atoms with E-state index in [1.165, 1.54) is 12.1 Å². The molecule has 0 radical (unpaired) electrons. The van der Waals surface area contributed by atoms with Gasteiger partial charge in [0.25, 0.3) is 0 Å². The van der Waals surface area contributed by atoms with Crippen molar-refractivity contribution in [3.05, 3.63) is 65.5 Å². The highest BCUT2D eigenvalue weighted by molar-refractivity contribution is 5.79. The minimum absolute atomic E-state index is 0.0456. The van der Waals surface area contributed by atoms with Gasteiger partial charge in [0.1, 0.15) is 11.6 Å². The third kappa shape index (κ3) is 4.81. The molecule has 132 valence electrons. The van der Waals surface area contributed by atoms with Crippen LogP contribution in [-0.4, -0.2) is 19.1 Å². The first-order valence-electron chi connectivity index (χ1n) is 8.81. The highest BCUT2D eigenvalue weighted by Gasteiger charge is 2.28. The fourth-order valence-corrected chi connectivity index (χ4v) is 3.62. The Bertz CT molecular complexity index is 714. The van der Waals surface area contributed by atoms with Gasteiger partial charge in [-0.05, 0) is 60.6 Å². The van der Waals surface area contributed by atoms with E-state index in [0.717, 1.165) is 42.6 Å². The predicted octanol–water partition coefficient (Wildman–Crippen LogP) is 3.90. The van der Waals surface area contributed by atoms with Crippen LogP contribution >= 0.6 is 0 Å². The van der Waals surface area contributed by atoms with Crippen LogP contribution in [0.1, 0.15) is 30.4 Å². The zero-order chi connectivity index (χ0) is 17.6. The average molecular weight is 341 g/mol. The van der Waals surface area contributed by atoms with Gasteiger partial charge in [0, 0.05) is 6.04 Å². The van der Waals surface area contributed by atoms with E-state index in [1.807, 2.05) is 36.4 Å². The normalized spacial score (nSPS) is 19.6. The summed E-state index contributed by atoms with van der Waals surface area (Å²) in [4.78, 5) is 12.4. The molecule has 2 unspecified atom stereocenters. The molecule has 0 aromatic heterocycles. The van der Waals surface area contributed by atoms with Gasteiger partial charge in [0.15, 0.2) is 0 Å². The summed E-state index contributed by atoms with van der Waals surface area (Å²) >= 11 is 0. The lowest BCUT2D eigenvalue weighted by atomic mass is 9.94. The van der Waals surface area contributed by atoms with Gasteiger partial charge in [-0.1, -0.05) is 30.7 Å². The number of hydrogen-bond acceptors (Lipinski definition) is 2. The van der Waals surface area contributed by atoms with Crippen molar-refractivity contribution in [2.45, 2.75) is 38.1 Å². The zero-order valence-electron chi connectivity index (χ0n) is 14.5. The number of nitrogens with one attached hydrogen (secondary N) is 1. The number of carbonyl (C=O) groups is 1. The number of ether oxygens (including phenoxy) is 1. The molecule has 0 spiro atoms.